The molecule has 1 rings (SSSR count). The molecule has 0 aromatic rings. The van der Waals surface area contributed by atoms with E-state index in [9.17, 15) is 13.6 Å². The van der Waals surface area contributed by atoms with Crippen molar-refractivity contribution in [1.82, 2.24) is 10.6 Å². The maximum Gasteiger partial charge on any atom is 0.255 e. The Bertz CT molecular complexity index is 187. The molecule has 1 saturated heterocycles. The van der Waals surface area contributed by atoms with E-state index in [0.717, 1.165) is 13.0 Å². The number of hydrogen-bond donors (Lipinski definition) is 2. The van der Waals surface area contributed by atoms with Crippen molar-refractivity contribution in [2.75, 3.05) is 13.1 Å². The van der Waals surface area contributed by atoms with Gasteiger partial charge in [0.15, 0.2) is 0 Å². The lowest BCUT2D eigenvalue weighted by Crippen LogP contribution is -2.44. The molecule has 2 unspecified atom stereocenters. The molecule has 5 heteroatoms. The van der Waals surface area contributed by atoms with Gasteiger partial charge in [0.05, 0.1) is 12.6 Å². The summed E-state index contributed by atoms with van der Waals surface area (Å²) < 4.78 is 23.5. The number of alkyl halides is 2. The van der Waals surface area contributed by atoms with E-state index in [1.807, 2.05) is 6.92 Å². The lowest BCUT2D eigenvalue weighted by Gasteiger charge is -2.14. The average Bonchev–Trinajstić information content (AvgIpc) is 2.47. The van der Waals surface area contributed by atoms with Crippen LogP contribution >= 0.6 is 0 Å². The zero-order valence-corrected chi connectivity index (χ0v) is 7.52. The summed E-state index contributed by atoms with van der Waals surface area (Å²) in [5, 5.41) is 5.18. The molecule has 3 nitrogen and oxygen atoms in total. The molecule has 13 heavy (non-hydrogen) atoms. The Morgan fingerprint density at radius 3 is 2.85 bits per heavy atom. The van der Waals surface area contributed by atoms with Crippen LogP contribution < -0.4 is 10.6 Å². The first-order chi connectivity index (χ1) is 6.11. The quantitative estimate of drug-likeness (QED) is 0.678. The molecule has 76 valence electrons. The highest BCUT2D eigenvalue weighted by Gasteiger charge is 2.29. The highest BCUT2D eigenvalue weighted by molar-refractivity contribution is 5.82. The van der Waals surface area contributed by atoms with Crippen LogP contribution in [0.2, 0.25) is 0 Å². The van der Waals surface area contributed by atoms with Crippen LogP contribution in [0.3, 0.4) is 0 Å². The van der Waals surface area contributed by atoms with Gasteiger partial charge < -0.3 is 10.6 Å². The van der Waals surface area contributed by atoms with Crippen LogP contribution in [-0.2, 0) is 4.79 Å². The first-order valence-electron chi connectivity index (χ1n) is 4.40. The second-order valence-corrected chi connectivity index (χ2v) is 3.33. The predicted molar refractivity (Wildman–Crippen MR) is 44.6 cm³/mol. The third-order valence-electron chi connectivity index (χ3n) is 2.25. The van der Waals surface area contributed by atoms with Crippen LogP contribution in [0.5, 0.6) is 0 Å². The number of amides is 1. The molecule has 0 spiro atoms. The number of hydrogen-bond acceptors (Lipinski definition) is 2. The van der Waals surface area contributed by atoms with E-state index in [1.54, 1.807) is 0 Å². The van der Waals surface area contributed by atoms with Crippen LogP contribution in [0.1, 0.15) is 13.3 Å². The molecule has 0 bridgehead atoms. The van der Waals surface area contributed by atoms with Crippen molar-refractivity contribution in [2.24, 2.45) is 5.92 Å². The minimum atomic E-state index is -2.47. The van der Waals surface area contributed by atoms with Crippen LogP contribution in [-0.4, -0.2) is 31.5 Å². The molecule has 1 aliphatic heterocycles. The number of nitrogens with one attached hydrogen (secondary N) is 2. The van der Waals surface area contributed by atoms with Gasteiger partial charge in [-0.2, -0.15) is 0 Å². The third-order valence-corrected chi connectivity index (χ3v) is 2.25. The van der Waals surface area contributed by atoms with E-state index < -0.39 is 13.0 Å². The molecule has 2 N–H and O–H groups in total. The van der Waals surface area contributed by atoms with E-state index in [4.69, 9.17) is 0 Å². The monoisotopic (exact) mass is 192 g/mol. The molecule has 1 aliphatic rings. The summed E-state index contributed by atoms with van der Waals surface area (Å²) in [5.74, 6) is -0.0806. The molecular weight excluding hydrogens is 178 g/mol. The van der Waals surface area contributed by atoms with Gasteiger partial charge in [0.2, 0.25) is 5.91 Å². The van der Waals surface area contributed by atoms with Gasteiger partial charge in [-0.1, -0.05) is 6.92 Å². The van der Waals surface area contributed by atoms with E-state index in [-0.39, 0.29) is 17.9 Å². The Labute approximate surface area is 75.9 Å². The van der Waals surface area contributed by atoms with Gasteiger partial charge in [-0.25, -0.2) is 8.78 Å². The molecule has 0 aliphatic carbocycles. The van der Waals surface area contributed by atoms with Crippen molar-refractivity contribution in [2.45, 2.75) is 25.8 Å². The summed E-state index contributed by atoms with van der Waals surface area (Å²) >= 11 is 0. The minimum absolute atomic E-state index is 0.234. The smallest absolute Gasteiger partial charge is 0.255 e. The van der Waals surface area contributed by atoms with Crippen molar-refractivity contribution >= 4 is 5.91 Å². The highest BCUT2D eigenvalue weighted by atomic mass is 19.3. The summed E-state index contributed by atoms with van der Waals surface area (Å²) in [5.41, 5.74) is 0. The Hall–Kier alpha value is -0.710. The molecule has 1 heterocycles. The molecule has 0 saturated carbocycles. The highest BCUT2D eigenvalue weighted by Crippen LogP contribution is 2.14. The van der Waals surface area contributed by atoms with E-state index in [1.165, 1.54) is 0 Å². The number of carbonyl (C=O) groups is 1. The molecular formula is C8H14F2N2O. The van der Waals surface area contributed by atoms with E-state index in [0.29, 0.717) is 0 Å². The Kier molecular flexibility index (Phi) is 3.59. The van der Waals surface area contributed by atoms with Gasteiger partial charge in [-0.15, -0.1) is 0 Å². The van der Waals surface area contributed by atoms with Crippen molar-refractivity contribution in [3.63, 3.8) is 0 Å². The summed E-state index contributed by atoms with van der Waals surface area (Å²) in [6, 6.07) is -0.293. The van der Waals surface area contributed by atoms with Gasteiger partial charge in [-0.05, 0) is 18.9 Å². The van der Waals surface area contributed by atoms with Gasteiger partial charge in [0.25, 0.3) is 6.43 Å². The standard InChI is InChI=1S/C8H14F2N2O/c1-5-2-3-11-7(5)8(13)12-4-6(9)10/h5-7,11H,2-4H2,1H3,(H,12,13). The maximum atomic E-state index is 11.7. The SMILES string of the molecule is CC1CCNC1C(=O)NCC(F)F. The predicted octanol–water partition coefficient (Wildman–Crippen LogP) is 0.366. The minimum Gasteiger partial charge on any atom is -0.349 e. The zero-order chi connectivity index (χ0) is 9.84. The second-order valence-electron chi connectivity index (χ2n) is 3.33. The van der Waals surface area contributed by atoms with Crippen molar-refractivity contribution in [3.8, 4) is 0 Å². The summed E-state index contributed by atoms with van der Waals surface area (Å²) in [4.78, 5) is 11.3. The van der Waals surface area contributed by atoms with Crippen LogP contribution in [0.15, 0.2) is 0 Å². The molecule has 0 aromatic heterocycles. The number of rotatable bonds is 3. The number of carbonyl (C=O) groups excluding carboxylic acids is 1. The maximum absolute atomic E-state index is 11.7. The summed E-state index contributed by atoms with van der Waals surface area (Å²) in [6.45, 7) is 2.17. The lowest BCUT2D eigenvalue weighted by molar-refractivity contribution is -0.124. The molecule has 0 aromatic carbocycles. The normalized spacial score (nSPS) is 28.0. The fraction of sp³-hybridized carbons (Fsp3) is 0.875. The van der Waals surface area contributed by atoms with Crippen molar-refractivity contribution in [3.05, 3.63) is 0 Å². The fourth-order valence-electron chi connectivity index (χ4n) is 1.47. The largest absolute Gasteiger partial charge is 0.349 e. The number of halogens is 2. The van der Waals surface area contributed by atoms with Gasteiger partial charge in [-0.3, -0.25) is 4.79 Å². The van der Waals surface area contributed by atoms with Crippen molar-refractivity contribution in [1.29, 1.82) is 0 Å². The third kappa shape index (κ3) is 2.91. The Morgan fingerprint density at radius 2 is 2.38 bits per heavy atom. The second kappa shape index (κ2) is 4.50. The topological polar surface area (TPSA) is 41.1 Å². The zero-order valence-electron chi connectivity index (χ0n) is 7.52. The van der Waals surface area contributed by atoms with Gasteiger partial charge in [0.1, 0.15) is 0 Å². The van der Waals surface area contributed by atoms with E-state index >= 15 is 0 Å². The lowest BCUT2D eigenvalue weighted by atomic mass is 10.0. The molecule has 2 atom stereocenters. The molecule has 1 fully saturated rings. The fourth-order valence-corrected chi connectivity index (χ4v) is 1.47. The Morgan fingerprint density at radius 1 is 1.69 bits per heavy atom. The van der Waals surface area contributed by atoms with Crippen LogP contribution in [0.25, 0.3) is 0 Å². The first kappa shape index (κ1) is 10.4. The molecule has 0 radical (unpaired) electrons. The van der Waals surface area contributed by atoms with Crippen LogP contribution in [0.4, 0.5) is 8.78 Å². The van der Waals surface area contributed by atoms with Gasteiger partial charge in [0, 0.05) is 0 Å². The summed E-state index contributed by atoms with van der Waals surface area (Å²) in [6.07, 6.45) is -1.55. The molecule has 1 amide bonds. The van der Waals surface area contributed by atoms with Gasteiger partial charge >= 0.3 is 0 Å². The first-order valence-corrected chi connectivity index (χ1v) is 4.40. The summed E-state index contributed by atoms with van der Waals surface area (Å²) in [7, 11) is 0. The Balaban J connectivity index is 2.30. The average molecular weight is 192 g/mol. The van der Waals surface area contributed by atoms with Crippen molar-refractivity contribution < 1.29 is 13.6 Å². The van der Waals surface area contributed by atoms with E-state index in [2.05, 4.69) is 10.6 Å². The van der Waals surface area contributed by atoms with Crippen LogP contribution in [0, 0.1) is 5.92 Å².